The Balaban J connectivity index is 1.43. The van der Waals surface area contributed by atoms with E-state index in [4.69, 9.17) is 16.3 Å². The topological polar surface area (TPSA) is 89.5 Å². The molecule has 0 saturated heterocycles. The Kier molecular flexibility index (Phi) is 7.96. The van der Waals surface area contributed by atoms with E-state index in [0.29, 0.717) is 16.3 Å². The molecule has 0 saturated carbocycles. The summed E-state index contributed by atoms with van der Waals surface area (Å²) in [6.07, 6.45) is 2.89. The Morgan fingerprint density at radius 1 is 1.03 bits per heavy atom. The average molecular weight is 530 g/mol. The highest BCUT2D eigenvalue weighted by atomic mass is 35.5. The number of ether oxygens (including phenoxy) is 1. The molecule has 3 aromatic carbocycles. The third-order valence-corrected chi connectivity index (χ3v) is 8.17. The second-order valence-corrected chi connectivity index (χ2v) is 11.3. The van der Waals surface area contributed by atoms with Crippen molar-refractivity contribution in [1.29, 1.82) is 0 Å². The number of esters is 1. The molecule has 35 heavy (non-hydrogen) atoms. The van der Waals surface area contributed by atoms with Gasteiger partial charge in [0.05, 0.1) is 4.90 Å². The number of rotatable bonds is 10. The van der Waals surface area contributed by atoms with Crippen molar-refractivity contribution in [3.05, 3.63) is 88.4 Å². The average Bonchev–Trinajstić information content (AvgIpc) is 3.23. The van der Waals surface area contributed by atoms with Gasteiger partial charge in [-0.25, -0.2) is 8.42 Å². The lowest BCUT2D eigenvalue weighted by Gasteiger charge is -2.17. The molecule has 0 bridgehead atoms. The molecule has 0 radical (unpaired) electrons. The first-order valence-corrected chi connectivity index (χ1v) is 14.2. The Labute approximate surface area is 214 Å². The SMILES string of the molecule is CSCC[C@H](NS(=O)(=O)c1ccc(Cl)cc1)C(=O)OCC(=O)c1ccc2c(c1)-c1ccccc1C2. The molecule has 0 amide bonds. The molecule has 4 rings (SSSR count). The van der Waals surface area contributed by atoms with Crippen molar-refractivity contribution < 1.29 is 22.7 Å². The molecular formula is C26H24ClNO5S2. The van der Waals surface area contributed by atoms with Crippen LogP contribution < -0.4 is 4.72 Å². The second-order valence-electron chi connectivity index (χ2n) is 8.15. The first kappa shape index (κ1) is 25.4. The number of thioether (sulfide) groups is 1. The van der Waals surface area contributed by atoms with Crippen molar-refractivity contribution in [3.8, 4) is 11.1 Å². The molecule has 1 N–H and O–H groups in total. The molecule has 0 fully saturated rings. The largest absolute Gasteiger partial charge is 0.456 e. The van der Waals surface area contributed by atoms with Crippen LogP contribution in [0.3, 0.4) is 0 Å². The Hall–Kier alpha value is -2.65. The highest BCUT2D eigenvalue weighted by molar-refractivity contribution is 7.98. The fraction of sp³-hybridized carbons (Fsp3) is 0.231. The summed E-state index contributed by atoms with van der Waals surface area (Å²) in [5.74, 6) is -0.618. The molecule has 1 aliphatic carbocycles. The van der Waals surface area contributed by atoms with Crippen LogP contribution in [0, 0.1) is 0 Å². The summed E-state index contributed by atoms with van der Waals surface area (Å²) in [5, 5.41) is 0.399. The highest BCUT2D eigenvalue weighted by Gasteiger charge is 2.28. The molecule has 9 heteroatoms. The van der Waals surface area contributed by atoms with Gasteiger partial charge in [-0.2, -0.15) is 16.5 Å². The minimum absolute atomic E-state index is 0.0154. The number of benzene rings is 3. The van der Waals surface area contributed by atoms with Crippen molar-refractivity contribution in [2.24, 2.45) is 0 Å². The summed E-state index contributed by atoms with van der Waals surface area (Å²) >= 11 is 7.31. The second kappa shape index (κ2) is 11.0. The summed E-state index contributed by atoms with van der Waals surface area (Å²) < 4.78 is 33.2. The normalized spacial score (nSPS) is 13.1. The number of carbonyl (C=O) groups excluding carboxylic acids is 2. The van der Waals surface area contributed by atoms with Gasteiger partial charge in [0, 0.05) is 10.6 Å². The van der Waals surface area contributed by atoms with Crippen molar-refractivity contribution in [3.63, 3.8) is 0 Å². The number of Topliss-reactive ketones (excluding diaryl/α,β-unsaturated/α-hetero) is 1. The van der Waals surface area contributed by atoms with Crippen LogP contribution in [0.2, 0.25) is 5.02 Å². The third kappa shape index (κ3) is 5.95. The molecule has 0 aromatic heterocycles. The fourth-order valence-corrected chi connectivity index (χ4v) is 5.76. The van der Waals surface area contributed by atoms with Gasteiger partial charge in [-0.3, -0.25) is 9.59 Å². The lowest BCUT2D eigenvalue weighted by atomic mass is 10.0. The van der Waals surface area contributed by atoms with Gasteiger partial charge in [0.1, 0.15) is 6.04 Å². The maximum Gasteiger partial charge on any atom is 0.324 e. The number of ketones is 1. The van der Waals surface area contributed by atoms with Gasteiger partial charge in [-0.05, 0) is 77.4 Å². The third-order valence-electron chi connectivity index (χ3n) is 5.78. The zero-order valence-electron chi connectivity index (χ0n) is 19.0. The van der Waals surface area contributed by atoms with Gasteiger partial charge in [0.15, 0.2) is 12.4 Å². The minimum Gasteiger partial charge on any atom is -0.456 e. The van der Waals surface area contributed by atoms with Crippen LogP contribution in [0.25, 0.3) is 11.1 Å². The molecule has 1 atom stereocenters. The van der Waals surface area contributed by atoms with Crippen molar-refractivity contribution in [2.75, 3.05) is 18.6 Å². The van der Waals surface area contributed by atoms with Gasteiger partial charge >= 0.3 is 5.97 Å². The van der Waals surface area contributed by atoms with Gasteiger partial charge in [-0.15, -0.1) is 0 Å². The van der Waals surface area contributed by atoms with Crippen molar-refractivity contribution in [1.82, 2.24) is 4.72 Å². The zero-order chi connectivity index (χ0) is 25.0. The van der Waals surface area contributed by atoms with E-state index in [-0.39, 0.29) is 17.1 Å². The molecule has 1 aliphatic rings. The monoisotopic (exact) mass is 529 g/mol. The minimum atomic E-state index is -3.98. The maximum absolute atomic E-state index is 12.8. The van der Waals surface area contributed by atoms with Crippen LogP contribution in [0.15, 0.2) is 71.6 Å². The molecule has 3 aromatic rings. The molecule has 182 valence electrons. The summed E-state index contributed by atoms with van der Waals surface area (Å²) in [4.78, 5) is 25.6. The number of halogens is 1. The summed E-state index contributed by atoms with van der Waals surface area (Å²) in [5.41, 5.74) is 4.90. The van der Waals surface area contributed by atoms with Crippen LogP contribution in [-0.4, -0.2) is 44.8 Å². The number of carbonyl (C=O) groups is 2. The highest BCUT2D eigenvalue weighted by Crippen LogP contribution is 2.36. The van der Waals surface area contributed by atoms with Crippen LogP contribution >= 0.6 is 23.4 Å². The van der Waals surface area contributed by atoms with Crippen LogP contribution in [0.4, 0.5) is 0 Å². The van der Waals surface area contributed by atoms with Gasteiger partial charge < -0.3 is 4.74 Å². The van der Waals surface area contributed by atoms with E-state index in [1.165, 1.54) is 41.6 Å². The van der Waals surface area contributed by atoms with Gasteiger partial charge in [-0.1, -0.05) is 48.0 Å². The van der Waals surface area contributed by atoms with E-state index in [1.807, 2.05) is 36.6 Å². The van der Waals surface area contributed by atoms with E-state index in [1.54, 1.807) is 6.07 Å². The fourth-order valence-electron chi connectivity index (χ4n) is 3.95. The van der Waals surface area contributed by atoms with Gasteiger partial charge in [0.2, 0.25) is 10.0 Å². The molecule has 0 heterocycles. The maximum atomic E-state index is 12.8. The van der Waals surface area contributed by atoms with Crippen LogP contribution in [-0.2, 0) is 26.0 Å². The first-order valence-electron chi connectivity index (χ1n) is 11.0. The molecule has 0 unspecified atom stereocenters. The number of nitrogens with one attached hydrogen (secondary N) is 1. The molecule has 6 nitrogen and oxygen atoms in total. The Morgan fingerprint density at radius 2 is 1.74 bits per heavy atom. The lowest BCUT2D eigenvalue weighted by molar-refractivity contribution is -0.144. The number of hydrogen-bond acceptors (Lipinski definition) is 6. The van der Waals surface area contributed by atoms with E-state index >= 15 is 0 Å². The first-order chi connectivity index (χ1) is 16.8. The van der Waals surface area contributed by atoms with Crippen LogP contribution in [0.1, 0.15) is 27.9 Å². The summed E-state index contributed by atoms with van der Waals surface area (Å²) in [6.45, 7) is -0.474. The Bertz CT molecular complexity index is 1360. The molecular weight excluding hydrogens is 506 g/mol. The molecule has 0 aliphatic heterocycles. The van der Waals surface area contributed by atoms with Crippen molar-refractivity contribution in [2.45, 2.75) is 23.8 Å². The number of sulfonamides is 1. The molecule has 0 spiro atoms. The van der Waals surface area contributed by atoms with E-state index < -0.39 is 28.6 Å². The summed E-state index contributed by atoms with van der Waals surface area (Å²) in [7, 11) is -3.98. The quantitative estimate of drug-likeness (QED) is 0.236. The summed E-state index contributed by atoms with van der Waals surface area (Å²) in [6, 6.07) is 18.0. The standard InChI is InChI=1S/C26H24ClNO5S2/c1-34-13-12-24(28-35(31,32)21-10-8-20(27)9-11-21)26(30)33-16-25(29)19-7-6-18-14-17-4-2-3-5-22(17)23(18)15-19/h2-11,15,24,28H,12-14,16H2,1H3/t24-/m0/s1. The smallest absolute Gasteiger partial charge is 0.324 e. The number of hydrogen-bond donors (Lipinski definition) is 1. The number of fused-ring (bicyclic) bond motifs is 3. The van der Waals surface area contributed by atoms with E-state index in [2.05, 4.69) is 10.8 Å². The van der Waals surface area contributed by atoms with Crippen LogP contribution in [0.5, 0.6) is 0 Å². The predicted molar refractivity (Wildman–Crippen MR) is 139 cm³/mol. The predicted octanol–water partition coefficient (Wildman–Crippen LogP) is 4.74. The Morgan fingerprint density at radius 3 is 2.49 bits per heavy atom. The van der Waals surface area contributed by atoms with Gasteiger partial charge in [0.25, 0.3) is 0 Å². The van der Waals surface area contributed by atoms with E-state index in [0.717, 1.165) is 23.1 Å². The van der Waals surface area contributed by atoms with E-state index in [9.17, 15) is 18.0 Å². The zero-order valence-corrected chi connectivity index (χ0v) is 21.4. The lowest BCUT2D eigenvalue weighted by Crippen LogP contribution is -2.42. The van der Waals surface area contributed by atoms with Crippen molar-refractivity contribution >= 4 is 45.1 Å².